The van der Waals surface area contributed by atoms with Crippen molar-refractivity contribution >= 4 is 39.3 Å². The number of aromatic nitrogens is 2. The predicted molar refractivity (Wildman–Crippen MR) is 120 cm³/mol. The molecule has 2 aromatic heterocycles. The first kappa shape index (κ1) is 19.4. The number of likely N-dealkylation sites (N-methyl/N-ethyl adjacent to an activating group) is 1. The highest BCUT2D eigenvalue weighted by atomic mass is 35.5. The average Bonchev–Trinajstić information content (AvgIpc) is 3.07. The number of pyridine rings is 1. The van der Waals surface area contributed by atoms with Crippen molar-refractivity contribution < 1.29 is 4.79 Å². The van der Waals surface area contributed by atoms with E-state index >= 15 is 0 Å². The number of hydrogen-bond donors (Lipinski definition) is 2. The van der Waals surface area contributed by atoms with Crippen molar-refractivity contribution in [3.63, 3.8) is 0 Å². The lowest BCUT2D eigenvalue weighted by Crippen LogP contribution is -2.31. The van der Waals surface area contributed by atoms with Crippen molar-refractivity contribution in [3.8, 4) is 11.1 Å². The van der Waals surface area contributed by atoms with E-state index in [0.29, 0.717) is 17.1 Å². The summed E-state index contributed by atoms with van der Waals surface area (Å²) in [7, 11) is 3.96. The molecule has 5 nitrogen and oxygen atoms in total. The van der Waals surface area contributed by atoms with E-state index in [2.05, 4.69) is 15.3 Å². The van der Waals surface area contributed by atoms with E-state index in [0.717, 1.165) is 45.2 Å². The summed E-state index contributed by atoms with van der Waals surface area (Å²) in [6.45, 7) is 3.41. The second-order valence-corrected chi connectivity index (χ2v) is 7.89. The Labute approximate surface area is 174 Å². The van der Waals surface area contributed by atoms with Crippen molar-refractivity contribution in [2.45, 2.75) is 6.92 Å². The van der Waals surface area contributed by atoms with Crippen LogP contribution in [0.3, 0.4) is 0 Å². The second kappa shape index (κ2) is 7.85. The molecular weight excluding hydrogens is 384 g/mol. The second-order valence-electron chi connectivity index (χ2n) is 7.46. The number of aryl methyl sites for hydroxylation is 1. The molecule has 2 aromatic carbocycles. The lowest BCUT2D eigenvalue weighted by Gasteiger charge is -2.11. The Balaban J connectivity index is 1.70. The quantitative estimate of drug-likeness (QED) is 0.507. The highest BCUT2D eigenvalue weighted by molar-refractivity contribution is 6.32. The Kier molecular flexibility index (Phi) is 5.26. The Morgan fingerprint density at radius 3 is 2.59 bits per heavy atom. The molecule has 2 heterocycles. The molecule has 0 spiro atoms. The molecule has 148 valence electrons. The van der Waals surface area contributed by atoms with Gasteiger partial charge in [0.05, 0.1) is 16.7 Å². The Morgan fingerprint density at radius 1 is 1.10 bits per heavy atom. The first-order valence-electron chi connectivity index (χ1n) is 9.54. The van der Waals surface area contributed by atoms with Crippen LogP contribution in [0.2, 0.25) is 5.02 Å². The minimum absolute atomic E-state index is 0.0676. The van der Waals surface area contributed by atoms with Crippen molar-refractivity contribution in [1.82, 2.24) is 20.2 Å². The fraction of sp³-hybridized carbons (Fsp3) is 0.217. The van der Waals surface area contributed by atoms with Crippen LogP contribution in [0.25, 0.3) is 32.9 Å². The van der Waals surface area contributed by atoms with Crippen molar-refractivity contribution in [1.29, 1.82) is 0 Å². The molecule has 0 aliphatic heterocycles. The molecule has 0 unspecified atom stereocenters. The number of halogens is 1. The molecule has 0 atom stereocenters. The Bertz CT molecular complexity index is 1200. The van der Waals surface area contributed by atoms with E-state index in [4.69, 9.17) is 11.6 Å². The van der Waals surface area contributed by atoms with Crippen LogP contribution in [0.15, 0.2) is 48.7 Å². The van der Waals surface area contributed by atoms with E-state index in [-0.39, 0.29) is 5.91 Å². The normalized spacial score (nSPS) is 11.5. The van der Waals surface area contributed by atoms with Gasteiger partial charge in [0.15, 0.2) is 0 Å². The molecular formula is C23H23ClN4O. The number of amides is 1. The van der Waals surface area contributed by atoms with E-state index in [1.807, 2.05) is 74.6 Å². The molecule has 0 aliphatic carbocycles. The summed E-state index contributed by atoms with van der Waals surface area (Å²) in [4.78, 5) is 22.3. The monoisotopic (exact) mass is 406 g/mol. The number of H-pyrrole nitrogens is 1. The van der Waals surface area contributed by atoms with Gasteiger partial charge < -0.3 is 15.2 Å². The zero-order chi connectivity index (χ0) is 20.5. The largest absolute Gasteiger partial charge is 0.353 e. The van der Waals surface area contributed by atoms with E-state index in [1.54, 1.807) is 0 Å². The van der Waals surface area contributed by atoms with Crippen molar-refractivity contribution in [3.05, 3.63) is 64.9 Å². The van der Waals surface area contributed by atoms with Crippen LogP contribution < -0.4 is 5.32 Å². The fourth-order valence-electron chi connectivity index (χ4n) is 3.55. The maximum absolute atomic E-state index is 12.3. The van der Waals surface area contributed by atoms with E-state index in [9.17, 15) is 4.79 Å². The number of carbonyl (C=O) groups excluding carboxylic acids is 1. The van der Waals surface area contributed by atoms with Crippen LogP contribution in [0.4, 0.5) is 0 Å². The summed E-state index contributed by atoms with van der Waals surface area (Å²) in [5.74, 6) is -0.0676. The number of nitrogens with one attached hydrogen (secondary N) is 2. The molecule has 0 saturated carbocycles. The zero-order valence-electron chi connectivity index (χ0n) is 16.7. The maximum atomic E-state index is 12.3. The highest BCUT2D eigenvalue weighted by Crippen LogP contribution is 2.36. The third kappa shape index (κ3) is 3.84. The predicted octanol–water partition coefficient (Wildman–Crippen LogP) is 4.64. The van der Waals surface area contributed by atoms with Gasteiger partial charge in [0.2, 0.25) is 0 Å². The summed E-state index contributed by atoms with van der Waals surface area (Å²) in [6, 6.07) is 13.6. The van der Waals surface area contributed by atoms with E-state index in [1.165, 1.54) is 0 Å². The van der Waals surface area contributed by atoms with Crippen LogP contribution >= 0.6 is 11.6 Å². The summed E-state index contributed by atoms with van der Waals surface area (Å²) in [5.41, 5.74) is 5.63. The molecule has 0 radical (unpaired) electrons. The van der Waals surface area contributed by atoms with Crippen LogP contribution in [0, 0.1) is 6.92 Å². The first-order valence-corrected chi connectivity index (χ1v) is 9.92. The number of rotatable bonds is 5. The van der Waals surface area contributed by atoms with Gasteiger partial charge in [-0.2, -0.15) is 0 Å². The molecule has 0 fully saturated rings. The minimum Gasteiger partial charge on any atom is -0.353 e. The number of hydrogen-bond acceptors (Lipinski definition) is 3. The van der Waals surface area contributed by atoms with Gasteiger partial charge in [-0.15, -0.1) is 0 Å². The molecule has 4 rings (SSSR count). The number of fused-ring (bicyclic) bond motifs is 3. The smallest absolute Gasteiger partial charge is 0.251 e. The van der Waals surface area contributed by atoms with E-state index < -0.39 is 0 Å². The summed E-state index contributed by atoms with van der Waals surface area (Å²) in [5, 5.41) is 5.78. The molecule has 0 saturated heterocycles. The SMILES string of the molecule is Cc1nccc2c1[nH]c1c(-c3ccc(C(=O)NCCN(C)C)cc3)cc(Cl)cc12. The summed E-state index contributed by atoms with van der Waals surface area (Å²) >= 11 is 6.44. The Hall–Kier alpha value is -2.89. The van der Waals surface area contributed by atoms with Gasteiger partial charge >= 0.3 is 0 Å². The third-order valence-electron chi connectivity index (χ3n) is 5.09. The zero-order valence-corrected chi connectivity index (χ0v) is 17.5. The summed E-state index contributed by atoms with van der Waals surface area (Å²) < 4.78 is 0. The van der Waals surface area contributed by atoms with Gasteiger partial charge in [-0.25, -0.2) is 0 Å². The average molecular weight is 407 g/mol. The number of carbonyl (C=O) groups is 1. The van der Waals surface area contributed by atoms with Gasteiger partial charge in [-0.3, -0.25) is 9.78 Å². The number of nitrogens with zero attached hydrogens (tertiary/aromatic N) is 2. The fourth-order valence-corrected chi connectivity index (χ4v) is 3.77. The van der Waals surface area contributed by atoms with Crippen LogP contribution in [0.1, 0.15) is 16.1 Å². The summed E-state index contributed by atoms with van der Waals surface area (Å²) in [6.07, 6.45) is 1.81. The van der Waals surface area contributed by atoms with Gasteiger partial charge in [-0.05, 0) is 56.9 Å². The lowest BCUT2D eigenvalue weighted by atomic mass is 10.0. The standard InChI is InChI=1S/C23H23ClN4O/c1-14-21-18(8-9-25-14)20-13-17(24)12-19(22(20)27-21)15-4-6-16(7-5-15)23(29)26-10-11-28(2)3/h4-9,12-13,27H,10-11H2,1-3H3,(H,26,29). The molecule has 4 aromatic rings. The van der Waals surface area contributed by atoms with Crippen molar-refractivity contribution in [2.75, 3.05) is 27.2 Å². The molecule has 29 heavy (non-hydrogen) atoms. The molecule has 0 aliphatic rings. The molecule has 2 N–H and O–H groups in total. The first-order chi connectivity index (χ1) is 13.9. The van der Waals surface area contributed by atoms with Gasteiger partial charge in [0, 0.05) is 46.2 Å². The topological polar surface area (TPSA) is 61.0 Å². The van der Waals surface area contributed by atoms with Crippen LogP contribution in [-0.2, 0) is 0 Å². The molecule has 1 amide bonds. The van der Waals surface area contributed by atoms with Crippen LogP contribution in [0.5, 0.6) is 0 Å². The third-order valence-corrected chi connectivity index (χ3v) is 5.30. The van der Waals surface area contributed by atoms with Crippen LogP contribution in [-0.4, -0.2) is 48.0 Å². The van der Waals surface area contributed by atoms with Gasteiger partial charge in [0.25, 0.3) is 5.91 Å². The van der Waals surface area contributed by atoms with Crippen molar-refractivity contribution in [2.24, 2.45) is 0 Å². The Morgan fingerprint density at radius 2 is 1.86 bits per heavy atom. The maximum Gasteiger partial charge on any atom is 0.251 e. The molecule has 6 heteroatoms. The number of benzene rings is 2. The highest BCUT2D eigenvalue weighted by Gasteiger charge is 2.14. The van der Waals surface area contributed by atoms with Gasteiger partial charge in [0.1, 0.15) is 0 Å². The minimum atomic E-state index is -0.0676. The van der Waals surface area contributed by atoms with Gasteiger partial charge in [-0.1, -0.05) is 23.7 Å². The molecule has 0 bridgehead atoms. The lowest BCUT2D eigenvalue weighted by molar-refractivity contribution is 0.0951. The number of aromatic amines is 1.